The van der Waals surface area contributed by atoms with Gasteiger partial charge in [-0.05, 0) is 45.9 Å². The van der Waals surface area contributed by atoms with Crippen LogP contribution < -0.4 is 5.32 Å². The predicted molar refractivity (Wildman–Crippen MR) is 76.1 cm³/mol. The summed E-state index contributed by atoms with van der Waals surface area (Å²) in [5.41, 5.74) is -2.20. The Hall–Kier alpha value is -1.75. The van der Waals surface area contributed by atoms with Gasteiger partial charge in [0.05, 0.1) is 16.5 Å². The SMILES string of the molecule is CC(C)(NC(=O)c1cc(Cl)ccc1O)C(C)(C)C(=O)O. The number of phenols is 1. The molecular formula is C14H18ClNO4. The maximum Gasteiger partial charge on any atom is 0.311 e. The summed E-state index contributed by atoms with van der Waals surface area (Å²) in [7, 11) is 0. The average Bonchev–Trinajstić information content (AvgIpc) is 2.31. The average molecular weight is 300 g/mol. The van der Waals surface area contributed by atoms with Gasteiger partial charge in [-0.15, -0.1) is 0 Å². The number of hydrogen-bond donors (Lipinski definition) is 3. The summed E-state index contributed by atoms with van der Waals surface area (Å²) in [5.74, 6) is -1.82. The quantitative estimate of drug-likeness (QED) is 0.797. The van der Waals surface area contributed by atoms with Gasteiger partial charge in [-0.3, -0.25) is 9.59 Å². The zero-order chi connectivity index (χ0) is 15.7. The van der Waals surface area contributed by atoms with Crippen LogP contribution >= 0.6 is 11.6 Å². The second-order valence-corrected chi connectivity index (χ2v) is 6.11. The zero-order valence-electron chi connectivity index (χ0n) is 11.8. The highest BCUT2D eigenvalue weighted by molar-refractivity contribution is 6.31. The number of phenolic OH excluding ortho intramolecular Hbond substituents is 1. The lowest BCUT2D eigenvalue weighted by atomic mass is 9.74. The normalized spacial score (nSPS) is 12.1. The Balaban J connectivity index is 3.06. The number of nitrogens with one attached hydrogen (secondary N) is 1. The summed E-state index contributed by atoms with van der Waals surface area (Å²) in [6.07, 6.45) is 0. The van der Waals surface area contributed by atoms with Crippen LogP contribution in [0.5, 0.6) is 5.75 Å². The molecule has 5 nitrogen and oxygen atoms in total. The number of halogens is 1. The van der Waals surface area contributed by atoms with E-state index in [0.717, 1.165) is 0 Å². The lowest BCUT2D eigenvalue weighted by molar-refractivity contribution is -0.150. The largest absolute Gasteiger partial charge is 0.507 e. The highest BCUT2D eigenvalue weighted by atomic mass is 35.5. The van der Waals surface area contributed by atoms with E-state index < -0.39 is 22.8 Å². The Kier molecular flexibility index (Phi) is 4.34. The van der Waals surface area contributed by atoms with Crippen molar-refractivity contribution in [2.45, 2.75) is 33.2 Å². The van der Waals surface area contributed by atoms with Crippen molar-refractivity contribution >= 4 is 23.5 Å². The molecule has 0 aliphatic rings. The molecule has 3 N–H and O–H groups in total. The molecule has 0 aliphatic carbocycles. The van der Waals surface area contributed by atoms with Crippen molar-refractivity contribution in [2.24, 2.45) is 5.41 Å². The van der Waals surface area contributed by atoms with Crippen LogP contribution in [0, 0.1) is 5.41 Å². The van der Waals surface area contributed by atoms with Crippen molar-refractivity contribution in [2.75, 3.05) is 0 Å². The number of rotatable bonds is 4. The van der Waals surface area contributed by atoms with Gasteiger partial charge in [-0.2, -0.15) is 0 Å². The molecule has 0 atom stereocenters. The summed E-state index contributed by atoms with van der Waals surface area (Å²) in [6, 6.07) is 4.10. The van der Waals surface area contributed by atoms with Crippen LogP contribution in [0.2, 0.25) is 5.02 Å². The number of amides is 1. The molecule has 20 heavy (non-hydrogen) atoms. The first kappa shape index (κ1) is 16.3. The third-order valence-corrected chi connectivity index (χ3v) is 3.96. The van der Waals surface area contributed by atoms with Gasteiger partial charge in [0.25, 0.3) is 5.91 Å². The van der Waals surface area contributed by atoms with Crippen molar-refractivity contribution in [1.29, 1.82) is 0 Å². The lowest BCUT2D eigenvalue weighted by Crippen LogP contribution is -2.56. The lowest BCUT2D eigenvalue weighted by Gasteiger charge is -2.38. The van der Waals surface area contributed by atoms with Gasteiger partial charge >= 0.3 is 5.97 Å². The Labute approximate surface area is 122 Å². The van der Waals surface area contributed by atoms with Crippen LogP contribution in [-0.4, -0.2) is 27.6 Å². The number of benzene rings is 1. The molecule has 1 rings (SSSR count). The maximum absolute atomic E-state index is 12.2. The summed E-state index contributed by atoms with van der Waals surface area (Å²) < 4.78 is 0. The third kappa shape index (κ3) is 3.04. The molecule has 0 saturated carbocycles. The monoisotopic (exact) mass is 299 g/mol. The van der Waals surface area contributed by atoms with E-state index in [1.165, 1.54) is 32.0 Å². The van der Waals surface area contributed by atoms with Gasteiger partial charge in [-0.1, -0.05) is 11.6 Å². The van der Waals surface area contributed by atoms with E-state index in [1.807, 2.05) is 0 Å². The zero-order valence-corrected chi connectivity index (χ0v) is 12.6. The minimum atomic E-state index is -1.18. The Bertz CT molecular complexity index is 552. The number of carbonyl (C=O) groups is 2. The van der Waals surface area contributed by atoms with E-state index in [4.69, 9.17) is 11.6 Å². The molecule has 0 saturated heterocycles. The predicted octanol–water partition coefficient (Wildman–Crippen LogP) is 2.66. The van der Waals surface area contributed by atoms with E-state index in [-0.39, 0.29) is 11.3 Å². The fourth-order valence-corrected chi connectivity index (χ4v) is 1.64. The second kappa shape index (κ2) is 5.32. The van der Waals surface area contributed by atoms with Crippen LogP contribution in [0.1, 0.15) is 38.1 Å². The molecule has 0 aromatic heterocycles. The molecule has 1 aromatic rings. The van der Waals surface area contributed by atoms with Gasteiger partial charge in [0.1, 0.15) is 5.75 Å². The molecule has 6 heteroatoms. The number of aromatic hydroxyl groups is 1. The summed E-state index contributed by atoms with van der Waals surface area (Å²) in [6.45, 7) is 6.27. The van der Waals surface area contributed by atoms with E-state index in [9.17, 15) is 19.8 Å². The Morgan fingerprint density at radius 1 is 1.20 bits per heavy atom. The minimum absolute atomic E-state index is 0.00626. The summed E-state index contributed by atoms with van der Waals surface area (Å²) in [5, 5.41) is 21.8. The van der Waals surface area contributed by atoms with E-state index in [2.05, 4.69) is 5.32 Å². The smallest absolute Gasteiger partial charge is 0.311 e. The molecule has 1 aromatic carbocycles. The van der Waals surface area contributed by atoms with Gasteiger partial charge in [0.15, 0.2) is 0 Å². The molecule has 0 aliphatic heterocycles. The number of carbonyl (C=O) groups excluding carboxylic acids is 1. The molecule has 0 bridgehead atoms. The fraction of sp³-hybridized carbons (Fsp3) is 0.429. The summed E-state index contributed by atoms with van der Waals surface area (Å²) >= 11 is 5.79. The van der Waals surface area contributed by atoms with Crippen molar-refractivity contribution in [3.63, 3.8) is 0 Å². The molecule has 0 heterocycles. The van der Waals surface area contributed by atoms with Crippen molar-refractivity contribution < 1.29 is 19.8 Å². The number of carboxylic acids is 1. The van der Waals surface area contributed by atoms with E-state index >= 15 is 0 Å². The van der Waals surface area contributed by atoms with Crippen molar-refractivity contribution in [3.05, 3.63) is 28.8 Å². The third-order valence-electron chi connectivity index (χ3n) is 3.73. The van der Waals surface area contributed by atoms with Gasteiger partial charge in [0.2, 0.25) is 0 Å². The maximum atomic E-state index is 12.2. The highest BCUT2D eigenvalue weighted by Crippen LogP contribution is 2.31. The number of carboxylic acid groups (broad SMARTS) is 1. The molecule has 110 valence electrons. The number of aliphatic carboxylic acids is 1. The number of hydrogen-bond acceptors (Lipinski definition) is 3. The molecule has 0 fully saturated rings. The fourth-order valence-electron chi connectivity index (χ4n) is 1.46. The van der Waals surface area contributed by atoms with Crippen LogP contribution in [0.4, 0.5) is 0 Å². The minimum Gasteiger partial charge on any atom is -0.507 e. The van der Waals surface area contributed by atoms with Crippen LogP contribution in [0.15, 0.2) is 18.2 Å². The molecule has 0 spiro atoms. The van der Waals surface area contributed by atoms with E-state index in [1.54, 1.807) is 13.8 Å². The molecule has 1 amide bonds. The molecular weight excluding hydrogens is 282 g/mol. The van der Waals surface area contributed by atoms with Gasteiger partial charge in [-0.25, -0.2) is 0 Å². The topological polar surface area (TPSA) is 86.6 Å². The standard InChI is InChI=1S/C14H18ClNO4/c1-13(2,12(19)20)14(3,4)16-11(18)9-7-8(15)5-6-10(9)17/h5-7,17H,1-4H3,(H,16,18)(H,19,20). The highest BCUT2D eigenvalue weighted by Gasteiger charge is 2.44. The second-order valence-electron chi connectivity index (χ2n) is 5.67. The first-order valence-electron chi connectivity index (χ1n) is 6.03. The van der Waals surface area contributed by atoms with Gasteiger partial charge in [0, 0.05) is 5.02 Å². The van der Waals surface area contributed by atoms with E-state index in [0.29, 0.717) is 5.02 Å². The molecule has 0 unspecified atom stereocenters. The van der Waals surface area contributed by atoms with Crippen LogP contribution in [-0.2, 0) is 4.79 Å². The Morgan fingerprint density at radius 3 is 2.25 bits per heavy atom. The van der Waals surface area contributed by atoms with Crippen molar-refractivity contribution in [1.82, 2.24) is 5.32 Å². The van der Waals surface area contributed by atoms with Crippen LogP contribution in [0.25, 0.3) is 0 Å². The summed E-state index contributed by atoms with van der Waals surface area (Å²) in [4.78, 5) is 23.5. The Morgan fingerprint density at radius 2 is 1.75 bits per heavy atom. The first-order chi connectivity index (χ1) is 8.99. The molecule has 0 radical (unpaired) electrons. The van der Waals surface area contributed by atoms with Crippen LogP contribution in [0.3, 0.4) is 0 Å². The first-order valence-corrected chi connectivity index (χ1v) is 6.41. The van der Waals surface area contributed by atoms with Crippen molar-refractivity contribution in [3.8, 4) is 5.75 Å². The van der Waals surface area contributed by atoms with Gasteiger partial charge < -0.3 is 15.5 Å².